The van der Waals surface area contributed by atoms with Crippen molar-refractivity contribution in [2.75, 3.05) is 34.4 Å². The molecule has 4 rings (SSSR count). The minimum Gasteiger partial charge on any atom is -0.497 e. The second-order valence-electron chi connectivity index (χ2n) is 10.1. The van der Waals surface area contributed by atoms with Crippen LogP contribution < -0.4 is 19.5 Å². The van der Waals surface area contributed by atoms with Crippen molar-refractivity contribution in [3.8, 4) is 17.2 Å². The van der Waals surface area contributed by atoms with E-state index in [0.29, 0.717) is 18.9 Å². The lowest BCUT2D eigenvalue weighted by molar-refractivity contribution is 0.200. The molecule has 41 heavy (non-hydrogen) atoms. The predicted molar refractivity (Wildman–Crippen MR) is 165 cm³/mol. The Morgan fingerprint density at radius 3 is 1.90 bits per heavy atom. The van der Waals surface area contributed by atoms with Crippen LogP contribution >= 0.6 is 0 Å². The standard InChI is InChI=1S/C35H38N2O4/c1-26(24-27-10-16-31(39-4)17-11-27)34(29-12-18-32(19-13-29)40-23-22-37(2)3)30-14-20-33(21-15-30)41-35(38)36-25-28-8-6-5-7-9-28/h5-21H,22-25H2,1-4H3,(H,36,38)/b34-26-. The minimum atomic E-state index is -0.488. The highest BCUT2D eigenvalue weighted by Crippen LogP contribution is 2.31. The number of hydrogen-bond acceptors (Lipinski definition) is 5. The summed E-state index contributed by atoms with van der Waals surface area (Å²) >= 11 is 0. The van der Waals surface area contributed by atoms with Gasteiger partial charge in [0, 0.05) is 13.1 Å². The number of methoxy groups -OCH3 is 1. The molecule has 0 aliphatic rings. The molecule has 212 valence electrons. The van der Waals surface area contributed by atoms with Gasteiger partial charge in [0.1, 0.15) is 23.9 Å². The van der Waals surface area contributed by atoms with Crippen LogP contribution in [0.5, 0.6) is 17.2 Å². The second kappa shape index (κ2) is 14.7. The summed E-state index contributed by atoms with van der Waals surface area (Å²) in [5, 5.41) is 2.80. The van der Waals surface area contributed by atoms with Gasteiger partial charge < -0.3 is 24.4 Å². The Morgan fingerprint density at radius 1 is 0.732 bits per heavy atom. The number of nitrogens with zero attached hydrogens (tertiary/aromatic N) is 1. The Hall–Kier alpha value is -4.55. The number of likely N-dealkylation sites (N-methyl/N-ethyl adjacent to an activating group) is 1. The molecular formula is C35H38N2O4. The molecule has 1 N–H and O–H groups in total. The third-order valence-electron chi connectivity index (χ3n) is 6.64. The van der Waals surface area contributed by atoms with E-state index >= 15 is 0 Å². The fourth-order valence-corrected chi connectivity index (χ4v) is 4.46. The molecule has 0 bridgehead atoms. The van der Waals surface area contributed by atoms with E-state index < -0.39 is 6.09 Å². The fraction of sp³-hybridized carbons (Fsp3) is 0.229. The Bertz CT molecular complexity index is 1410. The van der Waals surface area contributed by atoms with Crippen molar-refractivity contribution >= 4 is 11.7 Å². The minimum absolute atomic E-state index is 0.407. The zero-order valence-electron chi connectivity index (χ0n) is 24.2. The van der Waals surface area contributed by atoms with Crippen molar-refractivity contribution in [2.24, 2.45) is 0 Å². The van der Waals surface area contributed by atoms with Gasteiger partial charge >= 0.3 is 6.09 Å². The predicted octanol–water partition coefficient (Wildman–Crippen LogP) is 6.99. The number of nitrogens with one attached hydrogen (secondary N) is 1. The summed E-state index contributed by atoms with van der Waals surface area (Å²) in [7, 11) is 5.73. The maximum absolute atomic E-state index is 12.4. The molecule has 6 nitrogen and oxygen atoms in total. The maximum Gasteiger partial charge on any atom is 0.412 e. The van der Waals surface area contributed by atoms with E-state index in [0.717, 1.165) is 46.7 Å². The first-order valence-electron chi connectivity index (χ1n) is 13.7. The quantitative estimate of drug-likeness (QED) is 0.206. The van der Waals surface area contributed by atoms with E-state index in [1.165, 1.54) is 11.1 Å². The molecular weight excluding hydrogens is 512 g/mol. The molecule has 0 aliphatic carbocycles. The number of amides is 1. The highest BCUT2D eigenvalue weighted by molar-refractivity contribution is 5.83. The molecule has 0 fully saturated rings. The summed E-state index contributed by atoms with van der Waals surface area (Å²) in [5.74, 6) is 2.16. The second-order valence-corrected chi connectivity index (χ2v) is 10.1. The number of carbonyl (C=O) groups is 1. The maximum atomic E-state index is 12.4. The molecule has 1 amide bonds. The van der Waals surface area contributed by atoms with Crippen LogP contribution in [0.4, 0.5) is 4.79 Å². The highest BCUT2D eigenvalue weighted by atomic mass is 16.6. The lowest BCUT2D eigenvalue weighted by Crippen LogP contribution is -2.26. The fourth-order valence-electron chi connectivity index (χ4n) is 4.46. The van der Waals surface area contributed by atoms with E-state index in [4.69, 9.17) is 14.2 Å². The summed E-state index contributed by atoms with van der Waals surface area (Å²) in [6.07, 6.45) is 0.290. The molecule has 0 radical (unpaired) electrons. The number of rotatable bonds is 12. The first-order chi connectivity index (χ1) is 19.9. The van der Waals surface area contributed by atoms with Gasteiger partial charge in [0.05, 0.1) is 7.11 Å². The molecule has 0 heterocycles. The number of benzene rings is 4. The van der Waals surface area contributed by atoms with Gasteiger partial charge in [-0.3, -0.25) is 0 Å². The average Bonchev–Trinajstić information content (AvgIpc) is 2.99. The van der Waals surface area contributed by atoms with Crippen molar-refractivity contribution in [3.63, 3.8) is 0 Å². The van der Waals surface area contributed by atoms with E-state index in [9.17, 15) is 4.79 Å². The number of hydrogen-bond donors (Lipinski definition) is 1. The van der Waals surface area contributed by atoms with Gasteiger partial charge in [0.25, 0.3) is 0 Å². The topological polar surface area (TPSA) is 60.0 Å². The zero-order chi connectivity index (χ0) is 29.0. The molecule has 4 aromatic rings. The molecule has 0 saturated heterocycles. The van der Waals surface area contributed by atoms with Crippen LogP contribution in [-0.2, 0) is 13.0 Å². The third kappa shape index (κ3) is 8.98. The van der Waals surface area contributed by atoms with Crippen LogP contribution in [-0.4, -0.2) is 45.3 Å². The van der Waals surface area contributed by atoms with Gasteiger partial charge in [0.15, 0.2) is 0 Å². The SMILES string of the molecule is COc1ccc(C/C(C)=C(/c2ccc(OCCN(C)C)cc2)c2ccc(OC(=O)NCc3ccccc3)cc2)cc1. The molecule has 4 aromatic carbocycles. The Labute approximate surface area is 243 Å². The van der Waals surface area contributed by atoms with Crippen LogP contribution in [0.3, 0.4) is 0 Å². The van der Waals surface area contributed by atoms with Gasteiger partial charge in [-0.25, -0.2) is 4.79 Å². The summed E-state index contributed by atoms with van der Waals surface area (Å²) in [4.78, 5) is 14.5. The summed E-state index contributed by atoms with van der Waals surface area (Å²) in [6, 6.07) is 33.8. The van der Waals surface area contributed by atoms with E-state index in [2.05, 4.69) is 41.4 Å². The molecule has 0 atom stereocenters. The van der Waals surface area contributed by atoms with Gasteiger partial charge in [-0.05, 0) is 91.7 Å². The number of allylic oxidation sites excluding steroid dienone is 1. The molecule has 0 aliphatic heterocycles. The van der Waals surface area contributed by atoms with E-state index in [1.807, 2.05) is 93.0 Å². The van der Waals surface area contributed by atoms with Crippen LogP contribution in [0.25, 0.3) is 5.57 Å². The highest BCUT2D eigenvalue weighted by Gasteiger charge is 2.12. The van der Waals surface area contributed by atoms with Crippen LogP contribution in [0.2, 0.25) is 0 Å². The molecule has 0 spiro atoms. The first-order valence-corrected chi connectivity index (χ1v) is 13.7. The number of ether oxygens (including phenoxy) is 3. The summed E-state index contributed by atoms with van der Waals surface area (Å²) < 4.78 is 16.8. The van der Waals surface area contributed by atoms with Crippen molar-refractivity contribution < 1.29 is 19.0 Å². The van der Waals surface area contributed by atoms with Crippen molar-refractivity contribution in [3.05, 3.63) is 131 Å². The number of carbonyl (C=O) groups excluding carboxylic acids is 1. The van der Waals surface area contributed by atoms with Crippen molar-refractivity contribution in [1.82, 2.24) is 10.2 Å². The summed E-state index contributed by atoms with van der Waals surface area (Å²) in [6.45, 7) is 4.05. The van der Waals surface area contributed by atoms with Crippen LogP contribution in [0.15, 0.2) is 109 Å². The molecule has 6 heteroatoms. The summed E-state index contributed by atoms with van der Waals surface area (Å²) in [5.41, 5.74) is 6.67. The van der Waals surface area contributed by atoms with Gasteiger partial charge in [0.2, 0.25) is 0 Å². The van der Waals surface area contributed by atoms with E-state index in [-0.39, 0.29) is 0 Å². The van der Waals surface area contributed by atoms with Crippen LogP contribution in [0, 0.1) is 0 Å². The van der Waals surface area contributed by atoms with Gasteiger partial charge in [-0.1, -0.05) is 72.3 Å². The van der Waals surface area contributed by atoms with Gasteiger partial charge in [-0.15, -0.1) is 0 Å². The van der Waals surface area contributed by atoms with Crippen molar-refractivity contribution in [2.45, 2.75) is 19.9 Å². The largest absolute Gasteiger partial charge is 0.497 e. The lowest BCUT2D eigenvalue weighted by atomic mass is 9.90. The Morgan fingerprint density at radius 2 is 1.32 bits per heavy atom. The average molecular weight is 551 g/mol. The van der Waals surface area contributed by atoms with E-state index in [1.54, 1.807) is 7.11 Å². The smallest absolute Gasteiger partial charge is 0.412 e. The van der Waals surface area contributed by atoms with Gasteiger partial charge in [-0.2, -0.15) is 0 Å². The normalized spacial score (nSPS) is 11.5. The molecule has 0 unspecified atom stereocenters. The lowest BCUT2D eigenvalue weighted by Gasteiger charge is -2.16. The zero-order valence-corrected chi connectivity index (χ0v) is 24.2. The first kappa shape index (κ1) is 29.4. The monoisotopic (exact) mass is 550 g/mol. The van der Waals surface area contributed by atoms with Crippen LogP contribution in [0.1, 0.15) is 29.2 Å². The Kier molecular flexibility index (Phi) is 10.6. The molecule has 0 saturated carbocycles. The molecule has 0 aromatic heterocycles. The van der Waals surface area contributed by atoms with Crippen molar-refractivity contribution in [1.29, 1.82) is 0 Å². The third-order valence-corrected chi connectivity index (χ3v) is 6.64. The Balaban J connectivity index is 1.53.